The lowest BCUT2D eigenvalue weighted by atomic mass is 10.1. The van der Waals surface area contributed by atoms with E-state index in [0.29, 0.717) is 11.2 Å². The maximum atomic E-state index is 12.1. The van der Waals surface area contributed by atoms with Crippen molar-refractivity contribution in [1.82, 2.24) is 20.0 Å². The maximum Gasteiger partial charge on any atom is 0.361 e. The van der Waals surface area contributed by atoms with Gasteiger partial charge in [0.1, 0.15) is 5.69 Å². The summed E-state index contributed by atoms with van der Waals surface area (Å²) in [6.07, 6.45) is 1.79. The Balaban J connectivity index is 2.30. The lowest BCUT2D eigenvalue weighted by Crippen LogP contribution is -2.14. The molecular formula is C15H14N4O2. The fourth-order valence-corrected chi connectivity index (χ4v) is 2.15. The van der Waals surface area contributed by atoms with Crippen molar-refractivity contribution in [3.05, 3.63) is 47.9 Å². The highest BCUT2D eigenvalue weighted by atomic mass is 16.5. The zero-order valence-corrected chi connectivity index (χ0v) is 11.8. The van der Waals surface area contributed by atoms with E-state index in [2.05, 4.69) is 15.3 Å². The number of benzene rings is 1. The molecule has 0 unspecified atom stereocenters. The fraction of sp³-hybridized carbons (Fsp3) is 0.200. The van der Waals surface area contributed by atoms with Crippen molar-refractivity contribution in [2.24, 2.45) is 0 Å². The Labute approximate surface area is 121 Å². The van der Waals surface area contributed by atoms with E-state index in [1.165, 1.54) is 0 Å². The maximum absolute atomic E-state index is 12.1. The van der Waals surface area contributed by atoms with Crippen LogP contribution in [-0.2, 0) is 4.74 Å². The molecule has 0 bridgehead atoms. The van der Waals surface area contributed by atoms with Gasteiger partial charge in [0.25, 0.3) is 0 Å². The van der Waals surface area contributed by atoms with Crippen LogP contribution in [-0.4, -0.2) is 32.6 Å². The second kappa shape index (κ2) is 5.32. The number of carbonyl (C=O) groups is 1. The zero-order chi connectivity index (χ0) is 14.8. The summed E-state index contributed by atoms with van der Waals surface area (Å²) in [4.78, 5) is 12.1. The number of nitrogens with zero attached hydrogens (tertiary/aromatic N) is 4. The van der Waals surface area contributed by atoms with Crippen molar-refractivity contribution in [3.63, 3.8) is 0 Å². The first-order valence-corrected chi connectivity index (χ1v) is 6.66. The van der Waals surface area contributed by atoms with Gasteiger partial charge in [-0.15, -0.1) is 10.2 Å². The van der Waals surface area contributed by atoms with Gasteiger partial charge in [-0.05, 0) is 26.0 Å². The van der Waals surface area contributed by atoms with E-state index in [0.717, 1.165) is 11.1 Å². The predicted octanol–water partition coefficient (Wildman–Crippen LogP) is 2.30. The molecule has 0 fully saturated rings. The molecule has 6 heteroatoms. The number of carbonyl (C=O) groups excluding carboxylic acids is 1. The average molecular weight is 282 g/mol. The molecule has 3 aromatic rings. The molecular weight excluding hydrogens is 268 g/mol. The Hall–Kier alpha value is -2.76. The number of rotatable bonds is 3. The lowest BCUT2D eigenvalue weighted by molar-refractivity contribution is 0.0518. The van der Waals surface area contributed by atoms with Gasteiger partial charge in [0.15, 0.2) is 5.69 Å². The third-order valence-corrected chi connectivity index (χ3v) is 3.06. The molecule has 0 saturated heterocycles. The predicted molar refractivity (Wildman–Crippen MR) is 77.4 cm³/mol. The molecule has 21 heavy (non-hydrogen) atoms. The minimum Gasteiger partial charge on any atom is -0.461 e. The van der Waals surface area contributed by atoms with E-state index in [-0.39, 0.29) is 12.3 Å². The Bertz CT molecular complexity index is 810. The third-order valence-electron chi connectivity index (χ3n) is 3.06. The van der Waals surface area contributed by atoms with Crippen LogP contribution in [0, 0.1) is 6.92 Å². The van der Waals surface area contributed by atoms with Crippen molar-refractivity contribution < 1.29 is 9.53 Å². The molecule has 0 radical (unpaired) electrons. The van der Waals surface area contributed by atoms with E-state index in [1.54, 1.807) is 17.8 Å². The van der Waals surface area contributed by atoms with Crippen LogP contribution < -0.4 is 0 Å². The second-order valence-electron chi connectivity index (χ2n) is 4.54. The molecule has 0 atom stereocenters. The quantitative estimate of drug-likeness (QED) is 0.689. The number of fused-ring (bicyclic) bond motifs is 1. The van der Waals surface area contributed by atoms with Crippen LogP contribution in [0.3, 0.4) is 0 Å². The molecule has 106 valence electrons. The Morgan fingerprint density at radius 3 is 2.76 bits per heavy atom. The fourth-order valence-electron chi connectivity index (χ4n) is 2.15. The van der Waals surface area contributed by atoms with Gasteiger partial charge < -0.3 is 4.74 Å². The minimum absolute atomic E-state index is 0.165. The van der Waals surface area contributed by atoms with Gasteiger partial charge in [0.2, 0.25) is 0 Å². The van der Waals surface area contributed by atoms with Gasteiger partial charge in [-0.3, -0.25) is 0 Å². The first kappa shape index (κ1) is 13.2. The smallest absolute Gasteiger partial charge is 0.361 e. The topological polar surface area (TPSA) is 69.9 Å². The van der Waals surface area contributed by atoms with Gasteiger partial charge in [0.05, 0.1) is 17.8 Å². The number of hydrogen-bond acceptors (Lipinski definition) is 5. The van der Waals surface area contributed by atoms with Crippen molar-refractivity contribution >= 4 is 16.9 Å². The van der Waals surface area contributed by atoms with E-state index >= 15 is 0 Å². The van der Waals surface area contributed by atoms with Gasteiger partial charge in [-0.25, -0.2) is 9.48 Å². The molecule has 2 aromatic heterocycles. The first-order valence-electron chi connectivity index (χ1n) is 6.66. The van der Waals surface area contributed by atoms with Crippen LogP contribution >= 0.6 is 0 Å². The summed E-state index contributed by atoms with van der Waals surface area (Å²) < 4.78 is 6.70. The highest BCUT2D eigenvalue weighted by Crippen LogP contribution is 2.23. The molecule has 2 heterocycles. The summed E-state index contributed by atoms with van der Waals surface area (Å²) in [5, 5.41) is 13.3. The van der Waals surface area contributed by atoms with Crippen LogP contribution in [0.5, 0.6) is 0 Å². The first-order chi connectivity index (χ1) is 10.2. The summed E-state index contributed by atoms with van der Waals surface area (Å²) in [6, 6.07) is 9.36. The summed E-state index contributed by atoms with van der Waals surface area (Å²) in [5.74, 6) is -0.501. The third kappa shape index (κ3) is 2.35. The van der Waals surface area contributed by atoms with Gasteiger partial charge in [-0.2, -0.15) is 5.10 Å². The number of esters is 1. The van der Waals surface area contributed by atoms with Gasteiger partial charge in [-0.1, -0.05) is 18.2 Å². The van der Waals surface area contributed by atoms with Gasteiger partial charge >= 0.3 is 5.97 Å². The Kier molecular flexibility index (Phi) is 3.35. The van der Waals surface area contributed by atoms with E-state index in [1.807, 2.05) is 37.3 Å². The van der Waals surface area contributed by atoms with Crippen LogP contribution in [0.1, 0.15) is 23.1 Å². The summed E-state index contributed by atoms with van der Waals surface area (Å²) >= 11 is 0. The largest absolute Gasteiger partial charge is 0.461 e. The summed E-state index contributed by atoms with van der Waals surface area (Å²) in [6.45, 7) is 3.92. The van der Waals surface area contributed by atoms with Crippen LogP contribution in [0.2, 0.25) is 0 Å². The van der Waals surface area contributed by atoms with E-state index < -0.39 is 5.97 Å². The van der Waals surface area contributed by atoms with Crippen LogP contribution in [0.15, 0.2) is 36.5 Å². The van der Waals surface area contributed by atoms with E-state index in [9.17, 15) is 4.79 Å². The number of hydrogen-bond donors (Lipinski definition) is 0. The zero-order valence-electron chi connectivity index (χ0n) is 11.8. The number of aromatic nitrogens is 4. The molecule has 6 nitrogen and oxygen atoms in total. The summed E-state index contributed by atoms with van der Waals surface area (Å²) in [7, 11) is 0. The molecule has 0 aliphatic carbocycles. The molecule has 1 aromatic carbocycles. The summed E-state index contributed by atoms with van der Waals surface area (Å²) in [5.41, 5.74) is 2.31. The molecule has 0 N–H and O–H groups in total. The van der Waals surface area contributed by atoms with Crippen molar-refractivity contribution in [2.45, 2.75) is 13.8 Å². The standard InChI is InChI=1S/C15H14N4O2/c1-3-21-15(20)13-14(19-9-8-10(2)18-19)11-6-4-5-7-12(11)16-17-13/h4-9H,3H2,1-2H3. The van der Waals surface area contributed by atoms with Crippen molar-refractivity contribution in [2.75, 3.05) is 6.61 Å². The van der Waals surface area contributed by atoms with Crippen LogP contribution in [0.4, 0.5) is 0 Å². The Morgan fingerprint density at radius 1 is 1.24 bits per heavy atom. The van der Waals surface area contributed by atoms with Gasteiger partial charge in [0, 0.05) is 11.6 Å². The SMILES string of the molecule is CCOC(=O)c1nnc2ccccc2c1-n1ccc(C)n1. The van der Waals surface area contributed by atoms with Crippen molar-refractivity contribution in [3.8, 4) is 5.69 Å². The number of aryl methyl sites for hydroxylation is 1. The minimum atomic E-state index is -0.501. The molecule has 0 amide bonds. The highest BCUT2D eigenvalue weighted by Gasteiger charge is 2.20. The molecule has 3 rings (SSSR count). The molecule has 0 saturated carbocycles. The second-order valence-corrected chi connectivity index (χ2v) is 4.54. The molecule has 0 aliphatic rings. The lowest BCUT2D eigenvalue weighted by Gasteiger charge is -2.10. The Morgan fingerprint density at radius 2 is 2.05 bits per heavy atom. The van der Waals surface area contributed by atoms with Crippen molar-refractivity contribution in [1.29, 1.82) is 0 Å². The normalized spacial score (nSPS) is 10.8. The molecule has 0 spiro atoms. The van der Waals surface area contributed by atoms with E-state index in [4.69, 9.17) is 4.74 Å². The monoisotopic (exact) mass is 282 g/mol. The van der Waals surface area contributed by atoms with Crippen LogP contribution in [0.25, 0.3) is 16.6 Å². The number of ether oxygens (including phenoxy) is 1. The molecule has 0 aliphatic heterocycles. The highest BCUT2D eigenvalue weighted by molar-refractivity contribution is 5.99. The average Bonchev–Trinajstić information content (AvgIpc) is 2.92.